The summed E-state index contributed by atoms with van der Waals surface area (Å²) in [6.45, 7) is -0.401. The number of rotatable bonds is 7. The second-order valence-corrected chi connectivity index (χ2v) is 7.66. The Morgan fingerprint density at radius 2 is 1.89 bits per heavy atom. The molecule has 1 saturated heterocycles. The molecular formula is C19H17NO5S2. The van der Waals surface area contributed by atoms with Crippen molar-refractivity contribution in [2.75, 3.05) is 13.7 Å². The summed E-state index contributed by atoms with van der Waals surface area (Å²) in [5.74, 6) is 0.719. The Morgan fingerprint density at radius 1 is 1.19 bits per heavy atom. The molecule has 0 aromatic heterocycles. The molecule has 140 valence electrons. The number of thiocarbonyl (C=S) groups is 1. The molecule has 0 bridgehead atoms. The highest BCUT2D eigenvalue weighted by molar-refractivity contribution is 8.24. The Kier molecular flexibility index (Phi) is 5.98. The van der Waals surface area contributed by atoms with Gasteiger partial charge < -0.3 is 14.6 Å². The van der Waals surface area contributed by atoms with E-state index in [1.54, 1.807) is 7.11 Å². The summed E-state index contributed by atoms with van der Waals surface area (Å²) >= 11 is 6.35. The van der Waals surface area contributed by atoms with Crippen molar-refractivity contribution < 1.29 is 24.2 Å². The van der Waals surface area contributed by atoms with E-state index in [1.165, 1.54) is 11.8 Å². The van der Waals surface area contributed by atoms with Gasteiger partial charge in [0.25, 0.3) is 0 Å². The number of hydrogen-bond acceptors (Lipinski definition) is 6. The Hall–Kier alpha value is -2.58. The van der Waals surface area contributed by atoms with Crippen molar-refractivity contribution in [3.8, 4) is 17.2 Å². The van der Waals surface area contributed by atoms with Crippen LogP contribution in [0, 0.1) is 0 Å². The molecule has 1 fully saturated rings. The van der Waals surface area contributed by atoms with Crippen LogP contribution in [0.15, 0.2) is 48.5 Å². The van der Waals surface area contributed by atoms with Gasteiger partial charge in [-0.2, -0.15) is 0 Å². The third-order valence-electron chi connectivity index (χ3n) is 3.91. The number of ether oxygens (including phenoxy) is 2. The van der Waals surface area contributed by atoms with Crippen LogP contribution < -0.4 is 9.47 Å². The van der Waals surface area contributed by atoms with Crippen LogP contribution in [0.3, 0.4) is 0 Å². The monoisotopic (exact) mass is 403 g/mol. The summed E-state index contributed by atoms with van der Waals surface area (Å²) in [7, 11) is 1.60. The van der Waals surface area contributed by atoms with Gasteiger partial charge in [0.15, 0.2) is 0 Å². The molecule has 1 N–H and O–H groups in total. The molecule has 1 amide bonds. The summed E-state index contributed by atoms with van der Waals surface area (Å²) in [6.07, 6.45) is 0.444. The molecule has 6 nitrogen and oxygen atoms in total. The lowest BCUT2D eigenvalue weighted by Gasteiger charge is -2.13. The number of nitrogens with zero attached hydrogens (tertiary/aromatic N) is 1. The van der Waals surface area contributed by atoms with Crippen molar-refractivity contribution >= 4 is 40.2 Å². The predicted octanol–water partition coefficient (Wildman–Crippen LogP) is 3.34. The van der Waals surface area contributed by atoms with Gasteiger partial charge in [-0.3, -0.25) is 14.5 Å². The van der Waals surface area contributed by atoms with E-state index in [9.17, 15) is 9.59 Å². The standard InChI is InChI=1S/C19H17NO5S2/c1-24-13-5-7-14(8-6-13)25-15-4-2-3-12(9-15)10-16-18(23)20(11-17(21)22)19(26)27-16/h2-9,16H,10-11H2,1H3,(H,21,22). The van der Waals surface area contributed by atoms with Crippen LogP contribution in [-0.4, -0.2) is 45.1 Å². The number of carbonyl (C=O) groups excluding carboxylic acids is 1. The Bertz CT molecular complexity index is 869. The number of carboxylic acid groups (broad SMARTS) is 1. The topological polar surface area (TPSA) is 76.1 Å². The lowest BCUT2D eigenvalue weighted by atomic mass is 10.1. The quantitative estimate of drug-likeness (QED) is 0.711. The number of benzene rings is 2. The molecule has 0 saturated carbocycles. The summed E-state index contributed by atoms with van der Waals surface area (Å²) in [4.78, 5) is 24.4. The minimum absolute atomic E-state index is 0.270. The number of amides is 1. The Labute approximate surface area is 166 Å². The zero-order valence-electron chi connectivity index (χ0n) is 14.5. The number of thioether (sulfide) groups is 1. The molecule has 0 radical (unpaired) electrons. The molecule has 27 heavy (non-hydrogen) atoms. The van der Waals surface area contributed by atoms with Crippen LogP contribution >= 0.6 is 24.0 Å². The normalized spacial score (nSPS) is 16.5. The van der Waals surface area contributed by atoms with Crippen LogP contribution in [0.4, 0.5) is 0 Å². The van der Waals surface area contributed by atoms with E-state index >= 15 is 0 Å². The Balaban J connectivity index is 1.68. The molecule has 1 heterocycles. The van der Waals surface area contributed by atoms with Gasteiger partial charge in [0.05, 0.1) is 12.4 Å². The smallest absolute Gasteiger partial charge is 0.323 e. The lowest BCUT2D eigenvalue weighted by molar-refractivity contribution is -0.141. The molecule has 1 unspecified atom stereocenters. The van der Waals surface area contributed by atoms with E-state index < -0.39 is 17.8 Å². The fourth-order valence-corrected chi connectivity index (χ4v) is 4.17. The third-order valence-corrected chi connectivity index (χ3v) is 5.50. The largest absolute Gasteiger partial charge is 0.497 e. The van der Waals surface area contributed by atoms with Crippen molar-refractivity contribution in [2.45, 2.75) is 11.7 Å². The van der Waals surface area contributed by atoms with E-state index in [-0.39, 0.29) is 5.91 Å². The van der Waals surface area contributed by atoms with Crippen LogP contribution in [-0.2, 0) is 16.0 Å². The molecule has 3 rings (SSSR count). The van der Waals surface area contributed by atoms with Gasteiger partial charge in [0.1, 0.15) is 28.1 Å². The SMILES string of the molecule is COc1ccc(Oc2cccc(CC3SC(=S)N(CC(=O)O)C3=O)c2)cc1. The van der Waals surface area contributed by atoms with Crippen LogP contribution in [0.25, 0.3) is 0 Å². The van der Waals surface area contributed by atoms with Crippen molar-refractivity contribution in [2.24, 2.45) is 0 Å². The minimum Gasteiger partial charge on any atom is -0.497 e. The summed E-state index contributed by atoms with van der Waals surface area (Å²) in [5, 5.41) is 8.48. The third kappa shape index (κ3) is 4.78. The van der Waals surface area contributed by atoms with Crippen molar-refractivity contribution in [1.29, 1.82) is 0 Å². The van der Waals surface area contributed by atoms with Gasteiger partial charge >= 0.3 is 5.97 Å². The lowest BCUT2D eigenvalue weighted by Crippen LogP contribution is -2.36. The first-order valence-electron chi connectivity index (χ1n) is 8.11. The maximum atomic E-state index is 12.4. The van der Waals surface area contributed by atoms with E-state index in [4.69, 9.17) is 26.8 Å². The average Bonchev–Trinajstić information content (AvgIpc) is 2.90. The molecule has 1 aliphatic heterocycles. The second kappa shape index (κ2) is 8.41. The predicted molar refractivity (Wildman–Crippen MR) is 107 cm³/mol. The van der Waals surface area contributed by atoms with Gasteiger partial charge in [0, 0.05) is 0 Å². The number of hydrogen-bond donors (Lipinski definition) is 1. The molecule has 0 aliphatic carbocycles. The van der Waals surface area contributed by atoms with Gasteiger partial charge in [0.2, 0.25) is 5.91 Å². The molecule has 0 spiro atoms. The second-order valence-electron chi connectivity index (χ2n) is 5.82. The van der Waals surface area contributed by atoms with Crippen LogP contribution in [0.1, 0.15) is 5.56 Å². The highest BCUT2D eigenvalue weighted by atomic mass is 32.2. The van der Waals surface area contributed by atoms with Gasteiger partial charge in [-0.1, -0.05) is 36.1 Å². The number of carbonyl (C=O) groups is 2. The van der Waals surface area contributed by atoms with E-state index in [0.717, 1.165) is 16.2 Å². The van der Waals surface area contributed by atoms with Crippen molar-refractivity contribution in [3.05, 3.63) is 54.1 Å². The number of carboxylic acids is 1. The maximum absolute atomic E-state index is 12.4. The first-order valence-corrected chi connectivity index (χ1v) is 9.39. The van der Waals surface area contributed by atoms with E-state index in [0.29, 0.717) is 22.2 Å². The average molecular weight is 403 g/mol. The number of methoxy groups -OCH3 is 1. The highest BCUT2D eigenvalue weighted by Crippen LogP contribution is 2.31. The molecular weight excluding hydrogens is 386 g/mol. The molecule has 1 atom stereocenters. The maximum Gasteiger partial charge on any atom is 0.323 e. The molecule has 2 aromatic carbocycles. The zero-order chi connectivity index (χ0) is 19.4. The summed E-state index contributed by atoms with van der Waals surface area (Å²) < 4.78 is 11.3. The fourth-order valence-electron chi connectivity index (χ4n) is 2.64. The fraction of sp³-hybridized carbons (Fsp3) is 0.211. The van der Waals surface area contributed by atoms with Gasteiger partial charge in [-0.25, -0.2) is 0 Å². The first-order chi connectivity index (χ1) is 13.0. The van der Waals surface area contributed by atoms with Crippen LogP contribution in [0.2, 0.25) is 0 Å². The highest BCUT2D eigenvalue weighted by Gasteiger charge is 2.37. The first kappa shape index (κ1) is 19.2. The zero-order valence-corrected chi connectivity index (χ0v) is 16.1. The molecule has 2 aromatic rings. The van der Waals surface area contributed by atoms with E-state index in [2.05, 4.69) is 0 Å². The van der Waals surface area contributed by atoms with Crippen molar-refractivity contribution in [1.82, 2.24) is 4.90 Å². The van der Waals surface area contributed by atoms with Gasteiger partial charge in [-0.05, 0) is 48.4 Å². The van der Waals surface area contributed by atoms with Crippen LogP contribution in [0.5, 0.6) is 17.2 Å². The summed E-state index contributed by atoms with van der Waals surface area (Å²) in [5.41, 5.74) is 0.909. The Morgan fingerprint density at radius 3 is 2.56 bits per heavy atom. The van der Waals surface area contributed by atoms with Gasteiger partial charge in [-0.15, -0.1) is 0 Å². The molecule has 8 heteroatoms. The minimum atomic E-state index is -1.08. The molecule has 1 aliphatic rings. The van der Waals surface area contributed by atoms with E-state index in [1.807, 2.05) is 48.5 Å². The summed E-state index contributed by atoms with van der Waals surface area (Å²) in [6, 6.07) is 14.7. The van der Waals surface area contributed by atoms with Crippen molar-refractivity contribution in [3.63, 3.8) is 0 Å². The number of aliphatic carboxylic acids is 1.